The summed E-state index contributed by atoms with van der Waals surface area (Å²) in [6, 6.07) is 12.7. The number of amides is 2. The second-order valence-electron chi connectivity index (χ2n) is 6.08. The molecule has 1 unspecified atom stereocenters. The number of hydrogen-bond acceptors (Lipinski definition) is 3. The summed E-state index contributed by atoms with van der Waals surface area (Å²) in [6.07, 6.45) is 0. The van der Waals surface area contributed by atoms with Gasteiger partial charge in [0, 0.05) is 23.2 Å². The van der Waals surface area contributed by atoms with Crippen molar-refractivity contribution >= 4 is 34.8 Å². The number of benzene rings is 2. The van der Waals surface area contributed by atoms with Gasteiger partial charge in [-0.1, -0.05) is 23.7 Å². The van der Waals surface area contributed by atoms with Crippen LogP contribution in [0.4, 0.5) is 11.4 Å². The third-order valence-corrected chi connectivity index (χ3v) is 3.93. The molecule has 3 N–H and O–H groups in total. The topological polar surface area (TPSA) is 71.9 Å². The van der Waals surface area contributed by atoms with Crippen molar-refractivity contribution in [3.8, 4) is 5.75 Å². The number of carbonyl (C=O) groups excluding carboxylic acids is 2. The van der Waals surface area contributed by atoms with Crippen molar-refractivity contribution in [1.29, 1.82) is 0 Å². The zero-order valence-electron chi connectivity index (χ0n) is 15.1. The highest BCUT2D eigenvalue weighted by molar-refractivity contribution is 6.30. The number of carbonyl (C=O) groups is 2. The maximum atomic E-state index is 12.4. The smallest absolute Gasteiger partial charge is 0.279 e. The minimum absolute atomic E-state index is 0.144. The van der Waals surface area contributed by atoms with Gasteiger partial charge in [0.15, 0.2) is 6.54 Å². The third kappa shape index (κ3) is 6.06. The summed E-state index contributed by atoms with van der Waals surface area (Å²) < 4.78 is 5.27. The van der Waals surface area contributed by atoms with Crippen molar-refractivity contribution in [2.75, 3.05) is 31.3 Å². The summed E-state index contributed by atoms with van der Waals surface area (Å²) in [5.41, 5.74) is 2.21. The second kappa shape index (κ2) is 9.22. The van der Waals surface area contributed by atoms with Gasteiger partial charge in [-0.25, -0.2) is 0 Å². The average Bonchev–Trinajstić information content (AvgIpc) is 2.56. The van der Waals surface area contributed by atoms with Gasteiger partial charge in [0.1, 0.15) is 12.3 Å². The van der Waals surface area contributed by atoms with Crippen molar-refractivity contribution in [3.05, 3.63) is 53.1 Å². The molecule has 0 spiro atoms. The minimum atomic E-state index is -0.181. The zero-order valence-corrected chi connectivity index (χ0v) is 15.8. The molecule has 26 heavy (non-hydrogen) atoms. The number of methoxy groups -OCH3 is 1. The van der Waals surface area contributed by atoms with E-state index in [0.717, 1.165) is 10.5 Å². The van der Waals surface area contributed by atoms with Crippen molar-refractivity contribution in [3.63, 3.8) is 0 Å². The number of nitrogens with one attached hydrogen (secondary N) is 3. The van der Waals surface area contributed by atoms with Gasteiger partial charge >= 0.3 is 0 Å². The van der Waals surface area contributed by atoms with Crippen molar-refractivity contribution in [2.24, 2.45) is 0 Å². The Hall–Kier alpha value is -2.57. The summed E-state index contributed by atoms with van der Waals surface area (Å²) in [5.74, 6) is 0.206. The van der Waals surface area contributed by atoms with Crippen LogP contribution >= 0.6 is 11.6 Å². The van der Waals surface area contributed by atoms with Gasteiger partial charge in [0.05, 0.1) is 19.8 Å². The molecule has 2 aromatic carbocycles. The highest BCUT2D eigenvalue weighted by atomic mass is 35.5. The van der Waals surface area contributed by atoms with E-state index in [9.17, 15) is 9.59 Å². The lowest BCUT2D eigenvalue weighted by Crippen LogP contribution is -3.08. The van der Waals surface area contributed by atoms with E-state index in [0.29, 0.717) is 28.7 Å². The van der Waals surface area contributed by atoms with E-state index < -0.39 is 0 Å². The predicted molar refractivity (Wildman–Crippen MR) is 103 cm³/mol. The number of likely N-dealkylation sites (N-methyl/N-ethyl adjacent to an activating group) is 1. The summed E-state index contributed by atoms with van der Waals surface area (Å²) in [6.45, 7) is 2.42. The molecular weight excluding hydrogens is 354 g/mol. The number of halogens is 1. The first-order valence-corrected chi connectivity index (χ1v) is 8.56. The molecule has 7 heteroatoms. The third-order valence-electron chi connectivity index (χ3n) is 3.68. The Kier molecular flexibility index (Phi) is 7.00. The highest BCUT2D eigenvalue weighted by Crippen LogP contribution is 2.27. The maximum absolute atomic E-state index is 12.4. The van der Waals surface area contributed by atoms with E-state index in [1.165, 1.54) is 14.0 Å². The SMILES string of the molecule is COc1ccc(NC(C)=O)cc1NC(=O)C[NH+](C)Cc1ccc(Cl)cc1. The van der Waals surface area contributed by atoms with Gasteiger partial charge < -0.3 is 20.3 Å². The molecule has 0 heterocycles. The molecule has 138 valence electrons. The fourth-order valence-electron chi connectivity index (χ4n) is 2.57. The largest absolute Gasteiger partial charge is 0.495 e. The van der Waals surface area contributed by atoms with Crippen molar-refractivity contribution < 1.29 is 19.2 Å². The van der Waals surface area contributed by atoms with Gasteiger partial charge in [-0.2, -0.15) is 0 Å². The quantitative estimate of drug-likeness (QED) is 0.691. The molecule has 2 aromatic rings. The molecule has 6 nitrogen and oxygen atoms in total. The first-order valence-electron chi connectivity index (χ1n) is 8.18. The molecule has 2 amide bonds. The van der Waals surface area contributed by atoms with Crippen molar-refractivity contribution in [2.45, 2.75) is 13.5 Å². The molecule has 0 saturated heterocycles. The fraction of sp³-hybridized carbons (Fsp3) is 0.263. The van der Waals surface area contributed by atoms with Gasteiger partial charge in [0.2, 0.25) is 5.91 Å². The molecule has 0 fully saturated rings. The van der Waals surface area contributed by atoms with Crippen LogP contribution < -0.4 is 20.3 Å². The lowest BCUT2D eigenvalue weighted by molar-refractivity contribution is -0.885. The van der Waals surface area contributed by atoms with E-state index in [-0.39, 0.29) is 18.4 Å². The maximum Gasteiger partial charge on any atom is 0.279 e. The average molecular weight is 377 g/mol. The van der Waals surface area contributed by atoms with Crippen LogP contribution in [0.1, 0.15) is 12.5 Å². The molecule has 0 bridgehead atoms. The van der Waals surface area contributed by atoms with Gasteiger partial charge in [-0.3, -0.25) is 9.59 Å². The Morgan fingerprint density at radius 1 is 1.12 bits per heavy atom. The number of hydrogen-bond donors (Lipinski definition) is 3. The van der Waals surface area contributed by atoms with Crippen LogP contribution in [0.2, 0.25) is 5.02 Å². The molecule has 0 aliphatic heterocycles. The first kappa shape index (κ1) is 19.8. The van der Waals surface area contributed by atoms with Crippen LogP contribution in [0.25, 0.3) is 0 Å². The fourth-order valence-corrected chi connectivity index (χ4v) is 2.69. The van der Waals surface area contributed by atoms with E-state index in [1.54, 1.807) is 18.2 Å². The number of anilines is 2. The summed E-state index contributed by atoms with van der Waals surface area (Å²) >= 11 is 5.89. The molecule has 0 saturated carbocycles. The molecular formula is C19H23ClN3O3+. The normalized spacial score (nSPS) is 11.5. The molecule has 2 rings (SSSR count). The summed E-state index contributed by atoms with van der Waals surface area (Å²) in [7, 11) is 3.47. The monoisotopic (exact) mass is 376 g/mol. The van der Waals surface area contributed by atoms with E-state index in [2.05, 4.69) is 10.6 Å². The molecule has 1 atom stereocenters. The summed E-state index contributed by atoms with van der Waals surface area (Å²) in [4.78, 5) is 24.6. The van der Waals surface area contributed by atoms with Gasteiger partial charge in [-0.05, 0) is 30.3 Å². The lowest BCUT2D eigenvalue weighted by Gasteiger charge is -2.16. The molecule has 0 radical (unpaired) electrons. The first-order chi connectivity index (χ1) is 12.4. The highest BCUT2D eigenvalue weighted by Gasteiger charge is 2.14. The molecule has 0 aliphatic rings. The van der Waals surface area contributed by atoms with Crippen LogP contribution in [0.3, 0.4) is 0 Å². The van der Waals surface area contributed by atoms with E-state index in [1.807, 2.05) is 31.3 Å². The zero-order chi connectivity index (χ0) is 19.1. The Balaban J connectivity index is 1.99. The second-order valence-corrected chi connectivity index (χ2v) is 6.52. The van der Waals surface area contributed by atoms with Crippen LogP contribution in [-0.2, 0) is 16.1 Å². The van der Waals surface area contributed by atoms with Crippen LogP contribution in [0.5, 0.6) is 5.75 Å². The summed E-state index contributed by atoms with van der Waals surface area (Å²) in [5, 5.41) is 6.22. The Bertz CT molecular complexity index is 778. The number of rotatable bonds is 7. The minimum Gasteiger partial charge on any atom is -0.495 e. The van der Waals surface area contributed by atoms with Crippen LogP contribution in [-0.4, -0.2) is 32.5 Å². The van der Waals surface area contributed by atoms with Crippen LogP contribution in [0.15, 0.2) is 42.5 Å². The van der Waals surface area contributed by atoms with Gasteiger partial charge in [0.25, 0.3) is 5.91 Å². The Labute approximate surface area is 158 Å². The van der Waals surface area contributed by atoms with E-state index in [4.69, 9.17) is 16.3 Å². The number of quaternary nitrogens is 1. The number of ether oxygens (including phenoxy) is 1. The molecule has 0 aliphatic carbocycles. The Morgan fingerprint density at radius 2 is 1.81 bits per heavy atom. The van der Waals surface area contributed by atoms with Gasteiger partial charge in [-0.15, -0.1) is 0 Å². The predicted octanol–water partition coefficient (Wildman–Crippen LogP) is 1.96. The lowest BCUT2D eigenvalue weighted by atomic mass is 10.2. The van der Waals surface area contributed by atoms with E-state index >= 15 is 0 Å². The van der Waals surface area contributed by atoms with Crippen LogP contribution in [0, 0.1) is 0 Å². The Morgan fingerprint density at radius 3 is 2.42 bits per heavy atom. The van der Waals surface area contributed by atoms with Crippen molar-refractivity contribution in [1.82, 2.24) is 0 Å². The standard InChI is InChI=1S/C19H22ClN3O3/c1-13(24)21-16-8-9-18(26-3)17(10-16)22-19(25)12-23(2)11-14-4-6-15(20)7-5-14/h4-10H,11-12H2,1-3H3,(H,21,24)(H,22,25)/p+1. The molecule has 0 aromatic heterocycles.